The van der Waals surface area contributed by atoms with E-state index in [1.54, 1.807) is 0 Å². The normalized spacial score (nSPS) is 30.1. The Morgan fingerprint density at radius 2 is 1.77 bits per heavy atom. The molecule has 22 heavy (non-hydrogen) atoms. The highest BCUT2D eigenvalue weighted by Crippen LogP contribution is 2.41. The third-order valence-corrected chi connectivity index (χ3v) is 9.65. The Hall–Kier alpha value is -0.166. The molecule has 0 spiro atoms. The number of hydrogen-bond donors (Lipinski definition) is 2. The zero-order valence-corrected chi connectivity index (χ0v) is 17.2. The maximum absolute atomic E-state index is 11.0. The van der Waals surface area contributed by atoms with E-state index in [1.807, 2.05) is 0 Å². The first-order valence-electron chi connectivity index (χ1n) is 7.77. The Morgan fingerprint density at radius 3 is 2.18 bits per heavy atom. The van der Waals surface area contributed by atoms with Crippen molar-refractivity contribution in [3.63, 3.8) is 0 Å². The molecule has 0 aliphatic carbocycles. The van der Waals surface area contributed by atoms with Gasteiger partial charge in [-0.15, -0.1) is 5.54 Å². The van der Waals surface area contributed by atoms with Gasteiger partial charge in [0.1, 0.15) is 26.9 Å². The van der Waals surface area contributed by atoms with Crippen molar-refractivity contribution in [2.24, 2.45) is 0 Å². The molecule has 0 aromatic heterocycles. The lowest BCUT2D eigenvalue weighted by Gasteiger charge is -2.40. The number of ether oxygens (including phenoxy) is 1. The monoisotopic (exact) mass is 343 g/mol. The predicted molar refractivity (Wildman–Crippen MR) is 94.4 cm³/mol. The van der Waals surface area contributed by atoms with Gasteiger partial charge in [-0.1, -0.05) is 46.3 Å². The van der Waals surface area contributed by atoms with Gasteiger partial charge >= 0.3 is 0 Å². The van der Waals surface area contributed by atoms with Crippen LogP contribution in [0.4, 0.5) is 0 Å². The summed E-state index contributed by atoms with van der Waals surface area (Å²) in [5, 5.41) is 20.6. The topological polar surface area (TPSA) is 58.9 Å². The summed E-state index contributed by atoms with van der Waals surface area (Å²) in [6, 6.07) is 0. The van der Waals surface area contributed by atoms with Crippen molar-refractivity contribution < 1.29 is 19.4 Å². The van der Waals surface area contributed by atoms with Gasteiger partial charge in [0, 0.05) is 0 Å². The molecular formula is C16H31O4Si2. The average Bonchev–Trinajstić information content (AvgIpc) is 2.62. The molecule has 4 nitrogen and oxygen atoms in total. The minimum Gasteiger partial charge on any atom is -0.407 e. The zero-order chi connectivity index (χ0) is 17.4. The summed E-state index contributed by atoms with van der Waals surface area (Å²) in [6.45, 7) is 18.2. The third kappa shape index (κ3) is 4.43. The molecule has 1 aliphatic rings. The van der Waals surface area contributed by atoms with Gasteiger partial charge < -0.3 is 19.4 Å². The van der Waals surface area contributed by atoms with E-state index in [4.69, 9.17) is 9.16 Å². The van der Waals surface area contributed by atoms with Crippen LogP contribution in [0.3, 0.4) is 0 Å². The van der Waals surface area contributed by atoms with Gasteiger partial charge in [0.15, 0.2) is 13.9 Å². The van der Waals surface area contributed by atoms with Crippen LogP contribution in [0.5, 0.6) is 0 Å². The van der Waals surface area contributed by atoms with Gasteiger partial charge in [-0.2, -0.15) is 0 Å². The smallest absolute Gasteiger partial charge is 0.192 e. The highest BCUT2D eigenvalue weighted by Gasteiger charge is 2.54. The molecule has 1 rings (SSSR count). The minimum atomic E-state index is -2.09. The van der Waals surface area contributed by atoms with Gasteiger partial charge in [-0.3, -0.25) is 0 Å². The molecule has 1 heterocycles. The van der Waals surface area contributed by atoms with Gasteiger partial charge in [-0.25, -0.2) is 0 Å². The number of rotatable bonds is 3. The van der Waals surface area contributed by atoms with Crippen LogP contribution in [0, 0.1) is 18.1 Å². The molecule has 1 radical (unpaired) electrons. The standard InChI is InChI=1S/C16H31O4Si2/c1-15(2,3)22(7,8)20-14-12-19-13(11-17)16(14,18)9-10-21(4,5)6/h12-14,17-18H,11H2,1-8H3/t13-,14+,16-/m1/s1. The summed E-state index contributed by atoms with van der Waals surface area (Å²) in [5.41, 5.74) is 1.70. The van der Waals surface area contributed by atoms with Crippen LogP contribution in [-0.4, -0.2) is 51.0 Å². The van der Waals surface area contributed by atoms with Gasteiger partial charge in [-0.05, 0) is 18.1 Å². The Labute approximate surface area is 137 Å². The summed E-state index contributed by atoms with van der Waals surface area (Å²) in [4.78, 5) is 0. The van der Waals surface area contributed by atoms with Crippen LogP contribution in [0.25, 0.3) is 0 Å². The SMILES string of the molecule is CC(C)(C)[Si](C)(C)O[C@H]1[CH]O[C@H](CO)[C@]1(O)C#C[Si](C)(C)C. The Kier molecular flexibility index (Phi) is 5.77. The van der Waals surface area contributed by atoms with Gasteiger partial charge in [0.2, 0.25) is 0 Å². The van der Waals surface area contributed by atoms with Crippen molar-refractivity contribution in [2.75, 3.05) is 6.61 Å². The van der Waals surface area contributed by atoms with Crippen molar-refractivity contribution in [3.8, 4) is 11.5 Å². The quantitative estimate of drug-likeness (QED) is 0.611. The summed E-state index contributed by atoms with van der Waals surface area (Å²) in [5.74, 6) is 2.97. The Bertz CT molecular complexity index is 453. The number of hydrogen-bond acceptors (Lipinski definition) is 4. The van der Waals surface area contributed by atoms with Crippen LogP contribution >= 0.6 is 0 Å². The first-order chi connectivity index (χ1) is 9.73. The van der Waals surface area contributed by atoms with E-state index in [2.05, 4.69) is 65.0 Å². The van der Waals surface area contributed by atoms with E-state index in [-0.39, 0.29) is 11.6 Å². The predicted octanol–water partition coefficient (Wildman–Crippen LogP) is 2.54. The van der Waals surface area contributed by atoms with Crippen LogP contribution in [-0.2, 0) is 9.16 Å². The molecule has 0 aromatic rings. The molecule has 2 N–H and O–H groups in total. The molecule has 0 saturated carbocycles. The van der Waals surface area contributed by atoms with Crippen molar-refractivity contribution in [3.05, 3.63) is 6.61 Å². The summed E-state index contributed by atoms with van der Waals surface area (Å²) >= 11 is 0. The van der Waals surface area contributed by atoms with Crippen molar-refractivity contribution >= 4 is 16.4 Å². The Balaban J connectivity index is 3.10. The highest BCUT2D eigenvalue weighted by molar-refractivity contribution is 6.83. The fraction of sp³-hybridized carbons (Fsp3) is 0.812. The largest absolute Gasteiger partial charge is 0.407 e. The fourth-order valence-corrected chi connectivity index (χ4v) is 3.59. The molecule has 1 fully saturated rings. The molecule has 6 heteroatoms. The lowest BCUT2D eigenvalue weighted by molar-refractivity contribution is -0.0480. The van der Waals surface area contributed by atoms with E-state index in [0.29, 0.717) is 0 Å². The van der Waals surface area contributed by atoms with Crippen molar-refractivity contribution in [1.82, 2.24) is 0 Å². The molecule has 3 atom stereocenters. The maximum Gasteiger partial charge on any atom is 0.192 e. The van der Waals surface area contributed by atoms with Crippen LogP contribution in [0.15, 0.2) is 0 Å². The molecule has 0 unspecified atom stereocenters. The number of aliphatic hydroxyl groups is 2. The summed E-state index contributed by atoms with van der Waals surface area (Å²) in [7, 11) is -3.74. The number of aliphatic hydroxyl groups excluding tert-OH is 1. The van der Waals surface area contributed by atoms with E-state index < -0.39 is 34.2 Å². The van der Waals surface area contributed by atoms with Crippen molar-refractivity contribution in [1.29, 1.82) is 0 Å². The maximum atomic E-state index is 11.0. The second kappa shape index (κ2) is 6.38. The van der Waals surface area contributed by atoms with E-state index in [1.165, 1.54) is 6.61 Å². The lowest BCUT2D eigenvalue weighted by Crippen LogP contribution is -2.54. The second-order valence-corrected chi connectivity index (χ2v) is 18.1. The first-order valence-corrected chi connectivity index (χ1v) is 14.2. The van der Waals surface area contributed by atoms with Crippen molar-refractivity contribution in [2.45, 2.75) is 76.4 Å². The van der Waals surface area contributed by atoms with Gasteiger partial charge in [0.05, 0.1) is 6.61 Å². The first kappa shape index (κ1) is 19.9. The van der Waals surface area contributed by atoms with Crippen LogP contribution in [0.2, 0.25) is 37.8 Å². The molecule has 127 valence electrons. The zero-order valence-electron chi connectivity index (χ0n) is 15.2. The molecule has 0 bridgehead atoms. The summed E-state index contributed by atoms with van der Waals surface area (Å²) in [6.07, 6.45) is -1.39. The van der Waals surface area contributed by atoms with E-state index in [0.717, 1.165) is 0 Å². The van der Waals surface area contributed by atoms with Gasteiger partial charge in [0.25, 0.3) is 0 Å². The van der Waals surface area contributed by atoms with E-state index >= 15 is 0 Å². The van der Waals surface area contributed by atoms with Crippen LogP contribution in [0.1, 0.15) is 20.8 Å². The summed E-state index contributed by atoms with van der Waals surface area (Å²) < 4.78 is 11.7. The molecule has 0 amide bonds. The lowest BCUT2D eigenvalue weighted by atomic mass is 9.95. The molecule has 0 aromatic carbocycles. The average molecular weight is 344 g/mol. The second-order valence-electron chi connectivity index (χ2n) is 8.57. The highest BCUT2D eigenvalue weighted by atomic mass is 28.4. The molecular weight excluding hydrogens is 312 g/mol. The third-order valence-electron chi connectivity index (χ3n) is 4.32. The van der Waals surface area contributed by atoms with E-state index in [9.17, 15) is 10.2 Å². The Morgan fingerprint density at radius 1 is 1.23 bits per heavy atom. The molecule has 1 saturated heterocycles. The molecule has 1 aliphatic heterocycles. The fourth-order valence-electron chi connectivity index (χ4n) is 1.79. The van der Waals surface area contributed by atoms with Crippen LogP contribution < -0.4 is 0 Å². The minimum absolute atomic E-state index is 0.0191.